The van der Waals surface area contributed by atoms with Gasteiger partial charge in [0.25, 0.3) is 0 Å². The van der Waals surface area contributed by atoms with Gasteiger partial charge in [-0.1, -0.05) is 44.2 Å². The molecule has 0 bridgehead atoms. The van der Waals surface area contributed by atoms with Crippen LogP contribution in [0.5, 0.6) is 0 Å². The first-order valence-electron chi connectivity index (χ1n) is 10.5. The lowest BCUT2D eigenvalue weighted by atomic mass is 9.87. The number of hydrogen-bond acceptors (Lipinski definition) is 3. The third-order valence-electron chi connectivity index (χ3n) is 5.31. The molecule has 2 aromatic rings. The fourth-order valence-corrected chi connectivity index (χ4v) is 3.77. The number of carbonyl (C=O) groups excluding carboxylic acids is 2. The molecule has 2 N–H and O–H groups in total. The summed E-state index contributed by atoms with van der Waals surface area (Å²) in [6.07, 6.45) is 0.502. The standard InChI is InChI=1S/C24H30FN3O2/c1-17(2)13-26-23(29)19-12-20(24(30)27-22-10-8-21(25)9-11-22)16-28(15-19)14-18-6-4-3-5-7-18/h3-11,17,19-20H,12-16H2,1-2H3,(H,26,29)(H,27,30)/t19-,20+/m0/s1. The maximum absolute atomic E-state index is 13.1. The Morgan fingerprint density at radius 1 is 1.00 bits per heavy atom. The summed E-state index contributed by atoms with van der Waals surface area (Å²) in [4.78, 5) is 27.8. The van der Waals surface area contributed by atoms with Gasteiger partial charge in [0.15, 0.2) is 0 Å². The fourth-order valence-electron chi connectivity index (χ4n) is 3.77. The van der Waals surface area contributed by atoms with Crippen LogP contribution in [0.2, 0.25) is 0 Å². The molecule has 5 nitrogen and oxygen atoms in total. The number of halogens is 1. The monoisotopic (exact) mass is 411 g/mol. The summed E-state index contributed by atoms with van der Waals surface area (Å²) in [5.74, 6) is -0.674. The Morgan fingerprint density at radius 2 is 1.63 bits per heavy atom. The molecule has 2 atom stereocenters. The lowest BCUT2D eigenvalue weighted by Crippen LogP contribution is -2.49. The van der Waals surface area contributed by atoms with Crippen LogP contribution < -0.4 is 10.6 Å². The van der Waals surface area contributed by atoms with Crippen LogP contribution in [0.4, 0.5) is 10.1 Å². The first-order valence-corrected chi connectivity index (χ1v) is 10.5. The molecule has 2 aromatic carbocycles. The van der Waals surface area contributed by atoms with E-state index in [9.17, 15) is 14.0 Å². The highest BCUT2D eigenvalue weighted by atomic mass is 19.1. The van der Waals surface area contributed by atoms with Gasteiger partial charge in [-0.25, -0.2) is 4.39 Å². The van der Waals surface area contributed by atoms with Crippen molar-refractivity contribution in [1.29, 1.82) is 0 Å². The molecular formula is C24H30FN3O2. The van der Waals surface area contributed by atoms with E-state index in [1.807, 2.05) is 18.2 Å². The van der Waals surface area contributed by atoms with Crippen molar-refractivity contribution in [2.75, 3.05) is 25.0 Å². The van der Waals surface area contributed by atoms with Crippen LogP contribution in [0.1, 0.15) is 25.8 Å². The fraction of sp³-hybridized carbons (Fsp3) is 0.417. The third kappa shape index (κ3) is 6.39. The number of amides is 2. The first kappa shape index (κ1) is 22.0. The van der Waals surface area contributed by atoms with Gasteiger partial charge >= 0.3 is 0 Å². The summed E-state index contributed by atoms with van der Waals surface area (Å²) < 4.78 is 13.1. The minimum atomic E-state index is -0.346. The molecule has 1 aliphatic rings. The number of carbonyl (C=O) groups is 2. The van der Waals surface area contributed by atoms with Crippen LogP contribution in [0.15, 0.2) is 54.6 Å². The van der Waals surface area contributed by atoms with Crippen LogP contribution in [0.25, 0.3) is 0 Å². The molecule has 0 saturated carbocycles. The zero-order chi connectivity index (χ0) is 21.5. The molecule has 1 fully saturated rings. The Kier molecular flexibility index (Phi) is 7.57. The number of anilines is 1. The van der Waals surface area contributed by atoms with Gasteiger partial charge in [-0.05, 0) is 42.2 Å². The molecule has 6 heteroatoms. The molecule has 3 rings (SSSR count). The SMILES string of the molecule is CC(C)CNC(=O)[C@H]1C[C@@H](C(=O)Nc2ccc(F)cc2)CN(Cc2ccccc2)C1. The summed E-state index contributed by atoms with van der Waals surface area (Å²) >= 11 is 0. The van der Waals surface area contributed by atoms with E-state index < -0.39 is 0 Å². The van der Waals surface area contributed by atoms with E-state index >= 15 is 0 Å². The number of piperidine rings is 1. The number of nitrogens with one attached hydrogen (secondary N) is 2. The molecule has 160 valence electrons. The van der Waals surface area contributed by atoms with Crippen molar-refractivity contribution < 1.29 is 14.0 Å². The van der Waals surface area contributed by atoms with Gasteiger partial charge in [0.1, 0.15) is 5.82 Å². The number of nitrogens with zero attached hydrogens (tertiary/aromatic N) is 1. The van der Waals surface area contributed by atoms with Crippen LogP contribution >= 0.6 is 0 Å². The Bertz CT molecular complexity index is 839. The van der Waals surface area contributed by atoms with Gasteiger partial charge in [0.2, 0.25) is 11.8 Å². The molecule has 1 heterocycles. The first-order chi connectivity index (χ1) is 14.4. The Balaban J connectivity index is 1.70. The van der Waals surface area contributed by atoms with Gasteiger partial charge in [-0.3, -0.25) is 14.5 Å². The maximum Gasteiger partial charge on any atom is 0.228 e. The average Bonchev–Trinajstić information content (AvgIpc) is 2.74. The quantitative estimate of drug-likeness (QED) is 0.731. The zero-order valence-corrected chi connectivity index (χ0v) is 17.6. The number of hydrogen-bond donors (Lipinski definition) is 2. The second-order valence-electron chi connectivity index (χ2n) is 8.44. The predicted molar refractivity (Wildman–Crippen MR) is 116 cm³/mol. The summed E-state index contributed by atoms with van der Waals surface area (Å²) in [6.45, 7) is 6.63. The molecule has 0 aromatic heterocycles. The van der Waals surface area contributed by atoms with E-state index in [0.717, 1.165) is 5.56 Å². The largest absolute Gasteiger partial charge is 0.356 e. The van der Waals surface area contributed by atoms with E-state index in [1.54, 1.807) is 12.1 Å². The molecule has 0 spiro atoms. The molecule has 30 heavy (non-hydrogen) atoms. The maximum atomic E-state index is 13.1. The molecule has 0 radical (unpaired) electrons. The summed E-state index contributed by atoms with van der Waals surface area (Å²) in [5.41, 5.74) is 1.71. The van der Waals surface area contributed by atoms with Crippen LogP contribution in [0, 0.1) is 23.6 Å². The summed E-state index contributed by atoms with van der Waals surface area (Å²) in [6, 6.07) is 15.8. The summed E-state index contributed by atoms with van der Waals surface area (Å²) in [5, 5.41) is 5.88. The minimum Gasteiger partial charge on any atom is -0.356 e. The Morgan fingerprint density at radius 3 is 2.27 bits per heavy atom. The topological polar surface area (TPSA) is 61.4 Å². The van der Waals surface area contributed by atoms with Crippen molar-refractivity contribution in [3.8, 4) is 0 Å². The van der Waals surface area contributed by atoms with E-state index in [4.69, 9.17) is 0 Å². The van der Waals surface area contributed by atoms with E-state index in [1.165, 1.54) is 12.1 Å². The molecule has 0 unspecified atom stereocenters. The average molecular weight is 412 g/mol. The van der Waals surface area contributed by atoms with Crippen LogP contribution in [0.3, 0.4) is 0 Å². The van der Waals surface area contributed by atoms with Crippen LogP contribution in [-0.4, -0.2) is 36.3 Å². The normalized spacial score (nSPS) is 19.5. The second-order valence-corrected chi connectivity index (χ2v) is 8.44. The summed E-state index contributed by atoms with van der Waals surface area (Å²) in [7, 11) is 0. The molecule has 0 aliphatic carbocycles. The molecule has 1 saturated heterocycles. The van der Waals surface area contributed by atoms with Gasteiger partial charge < -0.3 is 10.6 Å². The van der Waals surface area contributed by atoms with Gasteiger partial charge in [0.05, 0.1) is 11.8 Å². The highest BCUT2D eigenvalue weighted by Gasteiger charge is 2.35. The second kappa shape index (κ2) is 10.3. The van der Waals surface area contributed by atoms with Crippen molar-refractivity contribution in [3.05, 3.63) is 66.0 Å². The lowest BCUT2D eigenvalue weighted by molar-refractivity contribution is -0.130. The number of rotatable bonds is 7. The van der Waals surface area contributed by atoms with E-state index in [-0.39, 0.29) is 29.5 Å². The van der Waals surface area contributed by atoms with Crippen LogP contribution in [-0.2, 0) is 16.1 Å². The highest BCUT2D eigenvalue weighted by molar-refractivity contribution is 5.93. The number of benzene rings is 2. The predicted octanol–water partition coefficient (Wildman–Crippen LogP) is 3.67. The third-order valence-corrected chi connectivity index (χ3v) is 5.31. The zero-order valence-electron chi connectivity index (χ0n) is 17.6. The molecule has 1 aliphatic heterocycles. The van der Waals surface area contributed by atoms with E-state index in [2.05, 4.69) is 41.5 Å². The molecule has 2 amide bonds. The van der Waals surface area contributed by atoms with Crippen molar-refractivity contribution >= 4 is 17.5 Å². The Labute approximate surface area is 177 Å². The van der Waals surface area contributed by atoms with Gasteiger partial charge in [0, 0.05) is 31.9 Å². The van der Waals surface area contributed by atoms with E-state index in [0.29, 0.717) is 44.2 Å². The van der Waals surface area contributed by atoms with Crippen molar-refractivity contribution in [1.82, 2.24) is 10.2 Å². The van der Waals surface area contributed by atoms with Gasteiger partial charge in [-0.15, -0.1) is 0 Å². The Hall–Kier alpha value is -2.73. The number of likely N-dealkylation sites (tertiary alicyclic amines) is 1. The van der Waals surface area contributed by atoms with Crippen molar-refractivity contribution in [3.63, 3.8) is 0 Å². The minimum absolute atomic E-state index is 0.000967. The van der Waals surface area contributed by atoms with Gasteiger partial charge in [-0.2, -0.15) is 0 Å². The lowest BCUT2D eigenvalue weighted by Gasteiger charge is -2.36. The van der Waals surface area contributed by atoms with Crippen molar-refractivity contribution in [2.24, 2.45) is 17.8 Å². The smallest absolute Gasteiger partial charge is 0.228 e. The van der Waals surface area contributed by atoms with Crippen molar-refractivity contribution in [2.45, 2.75) is 26.8 Å². The molecular weight excluding hydrogens is 381 g/mol. The highest BCUT2D eigenvalue weighted by Crippen LogP contribution is 2.25.